The van der Waals surface area contributed by atoms with Gasteiger partial charge in [0.05, 0.1) is 6.10 Å². The number of rotatable bonds is 10. The monoisotopic (exact) mass is 543 g/mol. The average molecular weight is 544 g/mol. The van der Waals surface area contributed by atoms with Crippen molar-refractivity contribution in [1.82, 2.24) is 15.2 Å². The Kier molecular flexibility index (Phi) is 9.86. The maximum Gasteiger partial charge on any atom is 0.410 e. The number of carbonyl (C=O) groups is 3. The molecule has 216 valence electrons. The highest BCUT2D eigenvalue weighted by Crippen LogP contribution is 2.34. The summed E-state index contributed by atoms with van der Waals surface area (Å²) in [6, 6.07) is 3.46. The minimum absolute atomic E-state index is 0.161. The van der Waals surface area contributed by atoms with Gasteiger partial charge in [-0.3, -0.25) is 9.78 Å². The van der Waals surface area contributed by atoms with Crippen molar-refractivity contribution in [2.24, 2.45) is 11.8 Å². The van der Waals surface area contributed by atoms with E-state index in [4.69, 9.17) is 14.5 Å². The summed E-state index contributed by atoms with van der Waals surface area (Å²) in [4.78, 5) is 43.2. The van der Waals surface area contributed by atoms with Gasteiger partial charge in [-0.2, -0.15) is 0 Å². The number of piperidine rings is 1. The second-order valence-electron chi connectivity index (χ2n) is 12.4. The molecule has 1 saturated carbocycles. The van der Waals surface area contributed by atoms with E-state index in [0.29, 0.717) is 38.5 Å². The number of hydrogen-bond donors (Lipinski definition) is 2. The molecule has 1 saturated heterocycles. The van der Waals surface area contributed by atoms with Crippen molar-refractivity contribution in [1.29, 1.82) is 0 Å². The molecular weight excluding hydrogens is 498 g/mol. The fraction of sp³-hybridized carbons (Fsp3) is 0.733. The van der Waals surface area contributed by atoms with Crippen LogP contribution < -0.4 is 5.32 Å². The third-order valence-corrected chi connectivity index (χ3v) is 8.13. The zero-order chi connectivity index (χ0) is 28.0. The van der Waals surface area contributed by atoms with Crippen LogP contribution in [0.2, 0.25) is 0 Å². The summed E-state index contributed by atoms with van der Waals surface area (Å²) >= 11 is 0. The molecule has 1 aliphatic heterocycles. The van der Waals surface area contributed by atoms with Crippen molar-refractivity contribution in [3.05, 3.63) is 29.1 Å². The number of carboxylic acid groups (broad SMARTS) is 1. The van der Waals surface area contributed by atoms with Crippen molar-refractivity contribution in [3.63, 3.8) is 0 Å². The Morgan fingerprint density at radius 2 is 1.85 bits per heavy atom. The molecule has 2 aliphatic carbocycles. The summed E-state index contributed by atoms with van der Waals surface area (Å²) < 4.78 is 11.3. The van der Waals surface area contributed by atoms with Crippen LogP contribution in [-0.2, 0) is 38.3 Å². The molecule has 4 rings (SSSR count). The number of amides is 2. The second-order valence-corrected chi connectivity index (χ2v) is 12.4. The molecular formula is C30H45N3O6. The first-order valence-electron chi connectivity index (χ1n) is 14.7. The summed E-state index contributed by atoms with van der Waals surface area (Å²) in [5.41, 5.74) is 3.33. The lowest BCUT2D eigenvalue weighted by atomic mass is 9.79. The van der Waals surface area contributed by atoms with Crippen molar-refractivity contribution < 1.29 is 29.0 Å². The van der Waals surface area contributed by atoms with Gasteiger partial charge in [0.15, 0.2) is 0 Å². The van der Waals surface area contributed by atoms with Gasteiger partial charge in [-0.1, -0.05) is 6.07 Å². The van der Waals surface area contributed by atoms with E-state index >= 15 is 0 Å². The summed E-state index contributed by atoms with van der Waals surface area (Å²) in [5, 5.41) is 12.3. The predicted molar refractivity (Wildman–Crippen MR) is 146 cm³/mol. The van der Waals surface area contributed by atoms with Crippen LogP contribution in [0.15, 0.2) is 12.1 Å². The van der Waals surface area contributed by atoms with Gasteiger partial charge in [0.1, 0.15) is 11.6 Å². The quantitative estimate of drug-likeness (QED) is 0.452. The highest BCUT2D eigenvalue weighted by molar-refractivity contribution is 5.85. The molecule has 2 fully saturated rings. The molecule has 9 nitrogen and oxygen atoms in total. The van der Waals surface area contributed by atoms with Gasteiger partial charge in [0.25, 0.3) is 0 Å². The molecule has 1 atom stereocenters. The molecule has 0 bridgehead atoms. The fourth-order valence-electron chi connectivity index (χ4n) is 5.72. The molecule has 1 unspecified atom stereocenters. The van der Waals surface area contributed by atoms with E-state index < -0.39 is 17.6 Å². The number of aryl methyl sites for hydroxylation is 3. The zero-order valence-electron chi connectivity index (χ0n) is 23.7. The van der Waals surface area contributed by atoms with Gasteiger partial charge in [-0.05, 0) is 103 Å². The summed E-state index contributed by atoms with van der Waals surface area (Å²) in [6.07, 6.45) is 9.84. The zero-order valence-corrected chi connectivity index (χ0v) is 23.7. The van der Waals surface area contributed by atoms with Crippen molar-refractivity contribution in [2.75, 3.05) is 19.7 Å². The normalized spacial score (nSPS) is 22.4. The Labute approximate surface area is 232 Å². The van der Waals surface area contributed by atoms with Gasteiger partial charge in [-0.25, -0.2) is 9.59 Å². The van der Waals surface area contributed by atoms with Crippen LogP contribution in [0.5, 0.6) is 0 Å². The summed E-state index contributed by atoms with van der Waals surface area (Å²) in [6.45, 7) is 6.59. The van der Waals surface area contributed by atoms with Crippen LogP contribution in [0.1, 0.15) is 89.1 Å². The van der Waals surface area contributed by atoms with E-state index in [1.165, 1.54) is 29.8 Å². The van der Waals surface area contributed by atoms with E-state index in [1.807, 2.05) is 20.8 Å². The number of aromatic nitrogens is 1. The Hall–Kier alpha value is -2.68. The van der Waals surface area contributed by atoms with Gasteiger partial charge < -0.3 is 24.8 Å². The topological polar surface area (TPSA) is 118 Å². The SMILES string of the molecule is CC(C)(C)OC(=O)N1CCC(C(=O)NC(CCOC2CC(CCc3ccc4c(n3)CCCC4)C2)C(=O)O)CC1. The van der Waals surface area contributed by atoms with Crippen LogP contribution in [0.4, 0.5) is 4.79 Å². The van der Waals surface area contributed by atoms with Crippen molar-refractivity contribution in [2.45, 2.75) is 109 Å². The lowest BCUT2D eigenvalue weighted by molar-refractivity contribution is -0.143. The van der Waals surface area contributed by atoms with Gasteiger partial charge in [0, 0.05) is 43.4 Å². The van der Waals surface area contributed by atoms with Crippen molar-refractivity contribution in [3.8, 4) is 0 Å². The molecule has 1 aromatic heterocycles. The Bertz CT molecular complexity index is 1010. The highest BCUT2D eigenvalue weighted by Gasteiger charge is 2.33. The molecule has 9 heteroatoms. The minimum Gasteiger partial charge on any atom is -0.480 e. The molecule has 1 aromatic rings. The number of pyridine rings is 1. The first kappa shape index (κ1) is 29.3. The van der Waals surface area contributed by atoms with E-state index in [1.54, 1.807) is 4.90 Å². The standard InChI is InChI=1S/C30H45N3O6/c1-30(2,3)39-29(37)33-15-12-22(13-16-33)27(34)32-26(28(35)36)14-17-38-24-18-20(19-24)8-10-23-11-9-21-6-4-5-7-25(21)31-23/h9,11,20,22,24,26H,4-8,10,12-19H2,1-3H3,(H,32,34)(H,35,36). The molecule has 2 N–H and O–H groups in total. The van der Waals surface area contributed by atoms with Gasteiger partial charge >= 0.3 is 12.1 Å². The van der Waals surface area contributed by atoms with E-state index in [2.05, 4.69) is 17.4 Å². The first-order chi connectivity index (χ1) is 18.6. The fourth-order valence-corrected chi connectivity index (χ4v) is 5.72. The number of carboxylic acids is 1. The number of aliphatic carboxylic acids is 1. The Morgan fingerprint density at radius 1 is 1.13 bits per heavy atom. The molecule has 2 amide bonds. The number of hydrogen-bond acceptors (Lipinski definition) is 6. The van der Waals surface area contributed by atoms with E-state index in [-0.39, 0.29) is 30.4 Å². The summed E-state index contributed by atoms with van der Waals surface area (Å²) in [5.74, 6) is -1.02. The number of likely N-dealkylation sites (tertiary alicyclic amines) is 1. The molecule has 3 aliphatic rings. The van der Waals surface area contributed by atoms with Gasteiger partial charge in [0.2, 0.25) is 5.91 Å². The van der Waals surface area contributed by atoms with Crippen LogP contribution in [0, 0.1) is 11.8 Å². The Balaban J connectivity index is 1.11. The van der Waals surface area contributed by atoms with Crippen LogP contribution in [0.25, 0.3) is 0 Å². The highest BCUT2D eigenvalue weighted by atomic mass is 16.6. The van der Waals surface area contributed by atoms with Gasteiger partial charge in [-0.15, -0.1) is 0 Å². The number of fused-ring (bicyclic) bond motifs is 1. The smallest absolute Gasteiger partial charge is 0.410 e. The number of nitrogens with one attached hydrogen (secondary N) is 1. The number of ether oxygens (including phenoxy) is 2. The second kappa shape index (κ2) is 13.1. The number of carbonyl (C=O) groups excluding carboxylic acids is 2. The molecule has 0 radical (unpaired) electrons. The largest absolute Gasteiger partial charge is 0.480 e. The third-order valence-electron chi connectivity index (χ3n) is 8.13. The molecule has 39 heavy (non-hydrogen) atoms. The van der Waals surface area contributed by atoms with Crippen molar-refractivity contribution >= 4 is 18.0 Å². The van der Waals surface area contributed by atoms with E-state index in [0.717, 1.165) is 38.5 Å². The maximum absolute atomic E-state index is 12.7. The minimum atomic E-state index is -1.05. The molecule has 0 spiro atoms. The van der Waals surface area contributed by atoms with Crippen LogP contribution >= 0.6 is 0 Å². The van der Waals surface area contributed by atoms with Crippen LogP contribution in [0.3, 0.4) is 0 Å². The maximum atomic E-state index is 12.7. The lowest BCUT2D eigenvalue weighted by Gasteiger charge is -2.35. The molecule has 2 heterocycles. The van der Waals surface area contributed by atoms with Crippen LogP contribution in [-0.4, -0.2) is 70.4 Å². The summed E-state index contributed by atoms with van der Waals surface area (Å²) in [7, 11) is 0. The third kappa shape index (κ3) is 8.65. The van der Waals surface area contributed by atoms with E-state index in [9.17, 15) is 19.5 Å². The molecule has 0 aromatic carbocycles. The average Bonchev–Trinajstić information content (AvgIpc) is 2.87. The lowest BCUT2D eigenvalue weighted by Crippen LogP contribution is -2.48. The Morgan fingerprint density at radius 3 is 2.54 bits per heavy atom. The number of nitrogens with zero attached hydrogens (tertiary/aromatic N) is 2. The first-order valence-corrected chi connectivity index (χ1v) is 14.7. The predicted octanol–water partition coefficient (Wildman–Crippen LogP) is 4.29.